The number of nitrogens with one attached hydrogen (secondary N) is 1. The predicted octanol–water partition coefficient (Wildman–Crippen LogP) is 1.61. The minimum atomic E-state index is -0.155. The molecule has 0 radical (unpaired) electrons. The van der Waals surface area contributed by atoms with Crippen molar-refractivity contribution in [2.75, 3.05) is 13.2 Å². The van der Waals surface area contributed by atoms with Crippen LogP contribution in [0, 0.1) is 0 Å². The topological polar surface area (TPSA) is 58.6 Å². The van der Waals surface area contributed by atoms with Crippen molar-refractivity contribution in [1.29, 1.82) is 0 Å². The molecule has 0 saturated heterocycles. The Morgan fingerprint density at radius 1 is 1.56 bits per heavy atom. The normalized spacial score (nSPS) is 12.1. The first-order valence-electron chi connectivity index (χ1n) is 5.29. The lowest BCUT2D eigenvalue weighted by atomic mass is 10.1. The minimum Gasteiger partial charge on any atom is -0.508 e. The van der Waals surface area contributed by atoms with Gasteiger partial charge < -0.3 is 15.2 Å². The van der Waals surface area contributed by atoms with Crippen molar-refractivity contribution in [1.82, 2.24) is 5.32 Å². The first-order chi connectivity index (χ1) is 7.63. The quantitative estimate of drug-likeness (QED) is 0.797. The Hall–Kier alpha value is -1.55. The minimum absolute atomic E-state index is 0.0691. The molecular weight excluding hydrogens is 206 g/mol. The molecule has 1 rings (SSSR count). The summed E-state index contributed by atoms with van der Waals surface area (Å²) >= 11 is 0. The molecule has 0 bridgehead atoms. The van der Waals surface area contributed by atoms with E-state index in [0.717, 1.165) is 5.56 Å². The van der Waals surface area contributed by atoms with E-state index < -0.39 is 0 Å². The highest BCUT2D eigenvalue weighted by Gasteiger charge is 2.09. The highest BCUT2D eigenvalue weighted by atomic mass is 16.5. The molecule has 0 fully saturated rings. The number of aromatic hydroxyl groups is 1. The molecule has 1 amide bonds. The van der Waals surface area contributed by atoms with Gasteiger partial charge in [-0.2, -0.15) is 0 Å². The van der Waals surface area contributed by atoms with Crippen LogP contribution in [0.1, 0.15) is 25.5 Å². The van der Waals surface area contributed by atoms with Crippen molar-refractivity contribution >= 4 is 5.91 Å². The standard InChI is InChI=1S/C12H17NO3/c1-3-16-8-12(15)13-9(2)10-5-4-6-11(14)7-10/h4-7,9,14H,3,8H2,1-2H3,(H,13,15). The monoisotopic (exact) mass is 223 g/mol. The Kier molecular flexibility index (Phi) is 4.79. The molecular formula is C12H17NO3. The predicted molar refractivity (Wildman–Crippen MR) is 61.2 cm³/mol. The van der Waals surface area contributed by atoms with Gasteiger partial charge in [0.15, 0.2) is 0 Å². The van der Waals surface area contributed by atoms with Crippen LogP contribution in [0.2, 0.25) is 0 Å². The maximum Gasteiger partial charge on any atom is 0.246 e. The van der Waals surface area contributed by atoms with Crippen LogP contribution in [-0.2, 0) is 9.53 Å². The van der Waals surface area contributed by atoms with Gasteiger partial charge in [-0.3, -0.25) is 4.79 Å². The molecule has 0 aliphatic rings. The molecule has 1 aromatic rings. The van der Waals surface area contributed by atoms with E-state index >= 15 is 0 Å². The number of benzene rings is 1. The molecule has 16 heavy (non-hydrogen) atoms. The summed E-state index contributed by atoms with van der Waals surface area (Å²) in [6.07, 6.45) is 0. The smallest absolute Gasteiger partial charge is 0.246 e. The van der Waals surface area contributed by atoms with Crippen molar-refractivity contribution < 1.29 is 14.6 Å². The number of ether oxygens (including phenoxy) is 1. The lowest BCUT2D eigenvalue weighted by Gasteiger charge is -2.14. The van der Waals surface area contributed by atoms with Crippen LogP contribution in [0.25, 0.3) is 0 Å². The fourth-order valence-corrected chi connectivity index (χ4v) is 1.36. The molecule has 0 saturated carbocycles. The molecule has 0 aliphatic carbocycles. The average Bonchev–Trinajstić information content (AvgIpc) is 2.26. The maximum atomic E-state index is 11.4. The van der Waals surface area contributed by atoms with E-state index in [1.165, 1.54) is 0 Å². The van der Waals surface area contributed by atoms with Gasteiger partial charge in [-0.25, -0.2) is 0 Å². The fraction of sp³-hybridized carbons (Fsp3) is 0.417. The van der Waals surface area contributed by atoms with Crippen LogP contribution >= 0.6 is 0 Å². The van der Waals surface area contributed by atoms with Crippen LogP contribution in [-0.4, -0.2) is 24.2 Å². The van der Waals surface area contributed by atoms with E-state index in [9.17, 15) is 9.90 Å². The van der Waals surface area contributed by atoms with Gasteiger partial charge in [0.25, 0.3) is 0 Å². The van der Waals surface area contributed by atoms with Crippen molar-refractivity contribution in [3.8, 4) is 5.75 Å². The van der Waals surface area contributed by atoms with E-state index in [-0.39, 0.29) is 24.3 Å². The Labute approximate surface area is 95.2 Å². The summed E-state index contributed by atoms with van der Waals surface area (Å²) in [5.41, 5.74) is 0.866. The molecule has 0 aliphatic heterocycles. The SMILES string of the molecule is CCOCC(=O)NC(C)c1cccc(O)c1. The molecule has 0 spiro atoms. The van der Waals surface area contributed by atoms with Crippen LogP contribution < -0.4 is 5.32 Å². The van der Waals surface area contributed by atoms with Gasteiger partial charge in [0.1, 0.15) is 12.4 Å². The second-order valence-electron chi connectivity index (χ2n) is 3.52. The van der Waals surface area contributed by atoms with Crippen molar-refractivity contribution in [2.24, 2.45) is 0 Å². The van der Waals surface area contributed by atoms with Gasteiger partial charge in [0.2, 0.25) is 5.91 Å². The lowest BCUT2D eigenvalue weighted by molar-refractivity contribution is -0.126. The Morgan fingerprint density at radius 2 is 2.31 bits per heavy atom. The van der Waals surface area contributed by atoms with Crippen LogP contribution in [0.4, 0.5) is 0 Å². The van der Waals surface area contributed by atoms with Crippen LogP contribution in [0.5, 0.6) is 5.75 Å². The van der Waals surface area contributed by atoms with E-state index in [4.69, 9.17) is 4.74 Å². The van der Waals surface area contributed by atoms with Gasteiger partial charge in [-0.1, -0.05) is 12.1 Å². The fourth-order valence-electron chi connectivity index (χ4n) is 1.36. The number of carbonyl (C=O) groups is 1. The summed E-state index contributed by atoms with van der Waals surface area (Å²) < 4.78 is 4.99. The molecule has 0 aromatic heterocycles. The zero-order valence-electron chi connectivity index (χ0n) is 9.56. The van der Waals surface area contributed by atoms with Gasteiger partial charge in [-0.15, -0.1) is 0 Å². The highest BCUT2D eigenvalue weighted by molar-refractivity contribution is 5.77. The summed E-state index contributed by atoms with van der Waals surface area (Å²) in [7, 11) is 0. The first-order valence-corrected chi connectivity index (χ1v) is 5.29. The Balaban J connectivity index is 2.52. The Bertz CT molecular complexity index is 352. The van der Waals surface area contributed by atoms with E-state index in [0.29, 0.717) is 6.61 Å². The molecule has 88 valence electrons. The highest BCUT2D eigenvalue weighted by Crippen LogP contribution is 2.17. The number of carbonyl (C=O) groups excluding carboxylic acids is 1. The summed E-state index contributed by atoms with van der Waals surface area (Å²) in [5, 5.41) is 12.1. The molecule has 2 N–H and O–H groups in total. The van der Waals surface area contributed by atoms with Gasteiger partial charge in [-0.05, 0) is 31.5 Å². The molecule has 0 heterocycles. The average molecular weight is 223 g/mol. The molecule has 1 aromatic carbocycles. The third-order valence-corrected chi connectivity index (χ3v) is 2.18. The molecule has 1 atom stereocenters. The third kappa shape index (κ3) is 3.90. The number of phenolic OH excluding ortho intramolecular Hbond substituents is 1. The Morgan fingerprint density at radius 3 is 2.94 bits per heavy atom. The summed E-state index contributed by atoms with van der Waals surface area (Å²) in [5.74, 6) is 0.0427. The largest absolute Gasteiger partial charge is 0.508 e. The van der Waals surface area contributed by atoms with Crippen molar-refractivity contribution in [3.63, 3.8) is 0 Å². The van der Waals surface area contributed by atoms with E-state index in [1.807, 2.05) is 19.9 Å². The van der Waals surface area contributed by atoms with Gasteiger partial charge in [0.05, 0.1) is 6.04 Å². The van der Waals surface area contributed by atoms with E-state index in [2.05, 4.69) is 5.32 Å². The van der Waals surface area contributed by atoms with Crippen LogP contribution in [0.3, 0.4) is 0 Å². The number of hydrogen-bond donors (Lipinski definition) is 2. The number of phenols is 1. The summed E-state index contributed by atoms with van der Waals surface area (Å²) in [6, 6.07) is 6.69. The number of amides is 1. The third-order valence-electron chi connectivity index (χ3n) is 2.18. The zero-order chi connectivity index (χ0) is 12.0. The van der Waals surface area contributed by atoms with Crippen molar-refractivity contribution in [2.45, 2.75) is 19.9 Å². The second-order valence-corrected chi connectivity index (χ2v) is 3.52. The zero-order valence-corrected chi connectivity index (χ0v) is 9.56. The van der Waals surface area contributed by atoms with Crippen LogP contribution in [0.15, 0.2) is 24.3 Å². The molecule has 4 nitrogen and oxygen atoms in total. The second kappa shape index (κ2) is 6.12. The number of hydrogen-bond acceptors (Lipinski definition) is 3. The van der Waals surface area contributed by atoms with Crippen molar-refractivity contribution in [3.05, 3.63) is 29.8 Å². The number of rotatable bonds is 5. The van der Waals surface area contributed by atoms with Gasteiger partial charge in [0, 0.05) is 6.61 Å². The first kappa shape index (κ1) is 12.5. The lowest BCUT2D eigenvalue weighted by Crippen LogP contribution is -2.30. The molecule has 4 heteroatoms. The summed E-state index contributed by atoms with van der Waals surface area (Å²) in [6.45, 7) is 4.29. The molecule has 1 unspecified atom stereocenters. The van der Waals surface area contributed by atoms with E-state index in [1.54, 1.807) is 18.2 Å². The maximum absolute atomic E-state index is 11.4. The summed E-state index contributed by atoms with van der Waals surface area (Å²) in [4.78, 5) is 11.4. The van der Waals surface area contributed by atoms with Gasteiger partial charge >= 0.3 is 0 Å².